The molecule has 0 spiro atoms. The van der Waals surface area contributed by atoms with Gasteiger partial charge in [0.05, 0.1) is 18.1 Å². The lowest BCUT2D eigenvalue weighted by Crippen LogP contribution is -2.43. The maximum absolute atomic E-state index is 13.3. The quantitative estimate of drug-likeness (QED) is 0.843. The van der Waals surface area contributed by atoms with Gasteiger partial charge in [0.25, 0.3) is 0 Å². The highest BCUT2D eigenvalue weighted by atomic mass is 32.2. The molecule has 9 heteroatoms. The number of halogens is 1. The maximum atomic E-state index is 13.3. The monoisotopic (exact) mass is 341 g/mol. The summed E-state index contributed by atoms with van der Waals surface area (Å²) in [7, 11) is -3.84. The summed E-state index contributed by atoms with van der Waals surface area (Å²) in [6.07, 6.45) is 0. The minimum absolute atomic E-state index is 0.0574. The molecule has 1 aliphatic rings. The van der Waals surface area contributed by atoms with Gasteiger partial charge in [-0.3, -0.25) is 0 Å². The molecule has 1 saturated heterocycles. The highest BCUT2D eigenvalue weighted by molar-refractivity contribution is 7.89. The number of rotatable bonds is 3. The molecule has 1 aromatic carbocycles. The number of sulfonamides is 1. The van der Waals surface area contributed by atoms with E-state index in [1.807, 2.05) is 0 Å². The van der Waals surface area contributed by atoms with Gasteiger partial charge in [-0.2, -0.15) is 4.31 Å². The third kappa shape index (κ3) is 2.99. The molecule has 0 aliphatic carbocycles. The van der Waals surface area contributed by atoms with Crippen molar-refractivity contribution in [2.24, 2.45) is 0 Å². The molecule has 7 nitrogen and oxygen atoms in total. The second kappa shape index (κ2) is 5.99. The molecule has 2 heterocycles. The second-order valence-corrected chi connectivity index (χ2v) is 7.13. The molecular formula is C14H16FN3O4S. The molecule has 1 aromatic heterocycles. The van der Waals surface area contributed by atoms with Crippen LogP contribution in [-0.4, -0.2) is 42.7 Å². The summed E-state index contributed by atoms with van der Waals surface area (Å²) < 4.78 is 51.2. The van der Waals surface area contributed by atoms with E-state index in [4.69, 9.17) is 9.15 Å². The van der Waals surface area contributed by atoms with Crippen molar-refractivity contribution < 1.29 is 22.0 Å². The van der Waals surface area contributed by atoms with Crippen LogP contribution in [0.15, 0.2) is 27.5 Å². The number of aromatic nitrogens is 2. The lowest BCUT2D eigenvalue weighted by molar-refractivity contribution is 0.0221. The van der Waals surface area contributed by atoms with E-state index in [1.54, 1.807) is 13.8 Å². The van der Waals surface area contributed by atoms with Crippen LogP contribution in [0.1, 0.15) is 23.4 Å². The number of hydrogen-bond acceptors (Lipinski definition) is 6. The van der Waals surface area contributed by atoms with Crippen molar-refractivity contribution >= 4 is 10.0 Å². The van der Waals surface area contributed by atoms with E-state index in [0.717, 1.165) is 6.07 Å². The summed E-state index contributed by atoms with van der Waals surface area (Å²) in [5.74, 6) is 0.0546. The van der Waals surface area contributed by atoms with Crippen LogP contribution in [0.3, 0.4) is 0 Å². The SMILES string of the molecule is Cc1nnc(C2COCCN2S(=O)(=O)c2ccc(F)cc2C)o1. The van der Waals surface area contributed by atoms with Crippen LogP contribution in [-0.2, 0) is 14.8 Å². The Kier molecular flexibility index (Phi) is 4.17. The number of nitrogens with zero attached hydrogens (tertiary/aromatic N) is 3. The predicted molar refractivity (Wildman–Crippen MR) is 77.6 cm³/mol. The normalized spacial score (nSPS) is 19.9. The molecule has 124 valence electrons. The molecule has 0 N–H and O–H groups in total. The molecule has 1 fully saturated rings. The summed E-state index contributed by atoms with van der Waals surface area (Å²) in [4.78, 5) is 0.0574. The first-order chi connectivity index (χ1) is 10.9. The van der Waals surface area contributed by atoms with Crippen molar-refractivity contribution in [2.75, 3.05) is 19.8 Å². The summed E-state index contributed by atoms with van der Waals surface area (Å²) in [5, 5.41) is 7.64. The Morgan fingerprint density at radius 2 is 2.09 bits per heavy atom. The maximum Gasteiger partial charge on any atom is 0.244 e. The van der Waals surface area contributed by atoms with Gasteiger partial charge in [-0.15, -0.1) is 10.2 Å². The fourth-order valence-electron chi connectivity index (χ4n) is 2.55. The Morgan fingerprint density at radius 1 is 1.30 bits per heavy atom. The van der Waals surface area contributed by atoms with E-state index in [-0.39, 0.29) is 30.5 Å². The van der Waals surface area contributed by atoms with E-state index in [9.17, 15) is 12.8 Å². The third-order valence-electron chi connectivity index (χ3n) is 3.63. The predicted octanol–water partition coefficient (Wildman–Crippen LogP) is 1.59. The van der Waals surface area contributed by atoms with Crippen LogP contribution < -0.4 is 0 Å². The smallest absolute Gasteiger partial charge is 0.244 e. The first kappa shape index (κ1) is 16.0. The Balaban J connectivity index is 2.02. The van der Waals surface area contributed by atoms with Gasteiger partial charge in [0, 0.05) is 13.5 Å². The van der Waals surface area contributed by atoms with Crippen molar-refractivity contribution in [3.8, 4) is 0 Å². The average Bonchev–Trinajstić information content (AvgIpc) is 2.93. The highest BCUT2D eigenvalue weighted by Crippen LogP contribution is 2.31. The van der Waals surface area contributed by atoms with Gasteiger partial charge < -0.3 is 9.15 Å². The van der Waals surface area contributed by atoms with Crippen LogP contribution in [0.25, 0.3) is 0 Å². The van der Waals surface area contributed by atoms with Gasteiger partial charge in [-0.25, -0.2) is 12.8 Å². The fourth-order valence-corrected chi connectivity index (χ4v) is 4.31. The molecule has 1 aliphatic heterocycles. The van der Waals surface area contributed by atoms with Crippen LogP contribution in [0.4, 0.5) is 4.39 Å². The minimum Gasteiger partial charge on any atom is -0.424 e. The van der Waals surface area contributed by atoms with Crippen molar-refractivity contribution in [3.05, 3.63) is 41.4 Å². The highest BCUT2D eigenvalue weighted by Gasteiger charge is 2.38. The Bertz CT molecular complexity index is 821. The molecule has 0 saturated carbocycles. The molecule has 1 unspecified atom stereocenters. The largest absolute Gasteiger partial charge is 0.424 e. The Hall–Kier alpha value is -1.84. The lowest BCUT2D eigenvalue weighted by atomic mass is 10.2. The first-order valence-electron chi connectivity index (χ1n) is 7.05. The number of aryl methyl sites for hydroxylation is 2. The lowest BCUT2D eigenvalue weighted by Gasteiger charge is -2.32. The van der Waals surface area contributed by atoms with Gasteiger partial charge in [0.15, 0.2) is 0 Å². The van der Waals surface area contributed by atoms with E-state index in [2.05, 4.69) is 10.2 Å². The van der Waals surface area contributed by atoms with E-state index >= 15 is 0 Å². The van der Waals surface area contributed by atoms with E-state index in [1.165, 1.54) is 16.4 Å². The zero-order chi connectivity index (χ0) is 16.6. The zero-order valence-corrected chi connectivity index (χ0v) is 13.5. The molecule has 0 amide bonds. The zero-order valence-electron chi connectivity index (χ0n) is 12.7. The van der Waals surface area contributed by atoms with Crippen LogP contribution in [0.5, 0.6) is 0 Å². The number of ether oxygens (including phenoxy) is 1. The summed E-state index contributed by atoms with van der Waals surface area (Å²) in [5.41, 5.74) is 0.344. The molecule has 3 rings (SSSR count). The van der Waals surface area contributed by atoms with Crippen LogP contribution in [0.2, 0.25) is 0 Å². The number of hydrogen-bond donors (Lipinski definition) is 0. The topological polar surface area (TPSA) is 85.5 Å². The van der Waals surface area contributed by atoms with Crippen LogP contribution >= 0.6 is 0 Å². The standard InChI is InChI=1S/C14H16FN3O4S/c1-9-7-11(15)3-4-13(9)23(19,20)18-5-6-21-8-12(18)14-17-16-10(2)22-14/h3-4,7,12H,5-6,8H2,1-2H3. The second-order valence-electron chi connectivity index (χ2n) is 5.28. The average molecular weight is 341 g/mol. The third-order valence-corrected chi connectivity index (χ3v) is 5.70. The van der Waals surface area contributed by atoms with Gasteiger partial charge in [0.1, 0.15) is 11.9 Å². The van der Waals surface area contributed by atoms with Crippen molar-refractivity contribution in [2.45, 2.75) is 24.8 Å². The van der Waals surface area contributed by atoms with Crippen molar-refractivity contribution in [1.82, 2.24) is 14.5 Å². The van der Waals surface area contributed by atoms with Crippen LogP contribution in [0, 0.1) is 19.7 Å². The molecule has 23 heavy (non-hydrogen) atoms. The molecule has 0 radical (unpaired) electrons. The Morgan fingerprint density at radius 3 is 2.74 bits per heavy atom. The van der Waals surface area contributed by atoms with Gasteiger partial charge in [-0.1, -0.05) is 0 Å². The molecular weight excluding hydrogens is 325 g/mol. The molecule has 1 atom stereocenters. The molecule has 0 bridgehead atoms. The van der Waals surface area contributed by atoms with Gasteiger partial charge >= 0.3 is 0 Å². The minimum atomic E-state index is -3.84. The van der Waals surface area contributed by atoms with E-state index < -0.39 is 21.9 Å². The Labute approximate surface area is 133 Å². The number of benzene rings is 1. The summed E-state index contributed by atoms with van der Waals surface area (Å²) >= 11 is 0. The van der Waals surface area contributed by atoms with E-state index in [0.29, 0.717) is 11.5 Å². The van der Waals surface area contributed by atoms with Gasteiger partial charge in [-0.05, 0) is 30.7 Å². The van der Waals surface area contributed by atoms with Crippen molar-refractivity contribution in [3.63, 3.8) is 0 Å². The number of morpholine rings is 1. The fraction of sp³-hybridized carbons (Fsp3) is 0.429. The molecule has 2 aromatic rings. The first-order valence-corrected chi connectivity index (χ1v) is 8.49. The summed E-state index contributed by atoms with van der Waals surface area (Å²) in [6.45, 7) is 3.74. The van der Waals surface area contributed by atoms with Crippen molar-refractivity contribution in [1.29, 1.82) is 0 Å². The summed E-state index contributed by atoms with van der Waals surface area (Å²) in [6, 6.07) is 2.90. The van der Waals surface area contributed by atoms with Gasteiger partial charge in [0.2, 0.25) is 21.8 Å².